The summed E-state index contributed by atoms with van der Waals surface area (Å²) in [5.74, 6) is -3.14. The maximum Gasteiger partial charge on any atom is 0.416 e. The van der Waals surface area contributed by atoms with Crippen molar-refractivity contribution in [3.8, 4) is 0 Å². The molecular formula is C35H31BrF3N3O8S. The Morgan fingerprint density at radius 3 is 2.22 bits per heavy atom. The molecule has 1 spiro atoms. The maximum atomic E-state index is 14.6. The molecule has 3 heterocycles. The van der Waals surface area contributed by atoms with Crippen LogP contribution in [0.2, 0.25) is 0 Å². The summed E-state index contributed by atoms with van der Waals surface area (Å²) in [6.07, 6.45) is -4.86. The van der Waals surface area contributed by atoms with Gasteiger partial charge in [0.15, 0.2) is 32.9 Å². The van der Waals surface area contributed by atoms with Gasteiger partial charge in [-0.25, -0.2) is 19.4 Å². The second kappa shape index (κ2) is 13.5. The SMILES string of the molecule is CCOC(=O)C1=C(C(=O)OCC)C2N(Cc3ccc(C(F)(F)F)cc3)c3ccccc3[C@@]23C[C@@H](C(=O)OC)N([S+](=O)([O-])c2ccc(Br)cc2)C3=N1. The molecule has 0 saturated carbocycles. The largest absolute Gasteiger partial charge is 0.588 e. The van der Waals surface area contributed by atoms with Crippen LogP contribution in [0.5, 0.6) is 0 Å². The predicted molar refractivity (Wildman–Crippen MR) is 181 cm³/mol. The van der Waals surface area contributed by atoms with E-state index in [4.69, 9.17) is 14.2 Å². The molecule has 268 valence electrons. The van der Waals surface area contributed by atoms with E-state index in [1.807, 2.05) is 0 Å². The van der Waals surface area contributed by atoms with Gasteiger partial charge in [-0.15, -0.1) is 0 Å². The van der Waals surface area contributed by atoms with E-state index in [9.17, 15) is 36.3 Å². The number of benzene rings is 3. The number of esters is 3. The number of anilines is 1. The molecule has 6 rings (SSSR count). The van der Waals surface area contributed by atoms with Crippen molar-refractivity contribution in [1.82, 2.24) is 4.31 Å². The average Bonchev–Trinajstić information content (AvgIpc) is 3.59. The molecule has 0 amide bonds. The second-order valence-corrected chi connectivity index (χ2v) is 14.6. The Labute approximate surface area is 300 Å². The number of carbonyl (C=O) groups excluding carboxylic acids is 3. The van der Waals surface area contributed by atoms with E-state index in [2.05, 4.69) is 20.9 Å². The Bertz CT molecular complexity index is 2000. The highest BCUT2D eigenvalue weighted by molar-refractivity contribution is 9.10. The first-order chi connectivity index (χ1) is 24.2. The summed E-state index contributed by atoms with van der Waals surface area (Å²) in [6, 6.07) is 14.2. The maximum absolute atomic E-state index is 14.6. The number of fused-ring (bicyclic) bond motifs is 1. The third-order valence-electron chi connectivity index (χ3n) is 9.07. The summed E-state index contributed by atoms with van der Waals surface area (Å²) in [4.78, 5) is 47.5. The number of nitrogens with zero attached hydrogens (tertiary/aromatic N) is 3. The van der Waals surface area contributed by atoms with E-state index in [0.29, 0.717) is 21.3 Å². The number of methoxy groups -OCH3 is 1. The van der Waals surface area contributed by atoms with Gasteiger partial charge in [-0.05, 0) is 67.4 Å². The number of halogens is 4. The zero-order valence-electron chi connectivity index (χ0n) is 27.4. The highest BCUT2D eigenvalue weighted by Gasteiger charge is 2.70. The Balaban J connectivity index is 1.66. The van der Waals surface area contributed by atoms with E-state index in [1.54, 1.807) is 36.1 Å². The lowest BCUT2D eigenvalue weighted by atomic mass is 9.69. The van der Waals surface area contributed by atoms with E-state index in [1.165, 1.54) is 43.3 Å². The molecular weight excluding hydrogens is 759 g/mol. The number of carbonyl (C=O) groups is 3. The van der Waals surface area contributed by atoms with Crippen molar-refractivity contribution in [3.63, 3.8) is 0 Å². The number of ether oxygens (including phenoxy) is 3. The average molecular weight is 791 g/mol. The van der Waals surface area contributed by atoms with Gasteiger partial charge < -0.3 is 23.7 Å². The summed E-state index contributed by atoms with van der Waals surface area (Å²) >= 11 is 3.30. The predicted octanol–water partition coefficient (Wildman–Crippen LogP) is 5.74. The fourth-order valence-electron chi connectivity index (χ4n) is 7.05. The number of aliphatic imine (C=N–C) groups is 1. The van der Waals surface area contributed by atoms with Crippen molar-refractivity contribution < 1.29 is 50.5 Å². The lowest BCUT2D eigenvalue weighted by Gasteiger charge is -2.41. The van der Waals surface area contributed by atoms with Crippen LogP contribution in [0.1, 0.15) is 37.0 Å². The molecule has 3 aromatic rings. The molecule has 3 aliphatic heterocycles. The van der Waals surface area contributed by atoms with Crippen LogP contribution in [-0.4, -0.2) is 65.0 Å². The van der Waals surface area contributed by atoms with Crippen LogP contribution in [-0.2, 0) is 61.3 Å². The van der Waals surface area contributed by atoms with Crippen molar-refractivity contribution in [1.29, 1.82) is 0 Å². The van der Waals surface area contributed by atoms with Crippen LogP contribution in [0.4, 0.5) is 18.9 Å². The summed E-state index contributed by atoms with van der Waals surface area (Å²) in [7, 11) is -3.51. The third-order valence-corrected chi connectivity index (χ3v) is 11.4. The normalized spacial score (nSPS) is 22.0. The topological polar surface area (TPSA) is 138 Å². The molecule has 51 heavy (non-hydrogen) atoms. The third kappa shape index (κ3) is 6.02. The quantitative estimate of drug-likeness (QED) is 0.151. The molecule has 1 fully saturated rings. The Kier molecular flexibility index (Phi) is 9.63. The first-order valence-electron chi connectivity index (χ1n) is 15.8. The smallest absolute Gasteiger partial charge is 0.416 e. The highest BCUT2D eigenvalue weighted by atomic mass is 79.9. The molecule has 4 atom stereocenters. The second-order valence-electron chi connectivity index (χ2n) is 11.9. The molecule has 11 nitrogen and oxygen atoms in total. The number of hydrogen-bond acceptors (Lipinski definition) is 10. The number of alkyl halides is 3. The van der Waals surface area contributed by atoms with Crippen LogP contribution < -0.4 is 4.90 Å². The monoisotopic (exact) mass is 789 g/mol. The van der Waals surface area contributed by atoms with Crippen LogP contribution in [0, 0.1) is 0 Å². The lowest BCUT2D eigenvalue weighted by Crippen LogP contribution is -2.56. The number of amidine groups is 1. The first kappa shape index (κ1) is 36.3. The zero-order valence-corrected chi connectivity index (χ0v) is 29.8. The minimum atomic E-state index is -4.62. The van der Waals surface area contributed by atoms with E-state index in [0.717, 1.165) is 23.5 Å². The molecule has 0 aliphatic carbocycles. The Morgan fingerprint density at radius 1 is 0.980 bits per heavy atom. The Hall–Kier alpha value is -4.54. The fraction of sp³-hybridized carbons (Fsp3) is 0.314. The van der Waals surface area contributed by atoms with Gasteiger partial charge in [-0.2, -0.15) is 17.5 Å². The molecule has 3 aromatic carbocycles. The van der Waals surface area contributed by atoms with Gasteiger partial charge >= 0.3 is 24.1 Å². The lowest BCUT2D eigenvalue weighted by molar-refractivity contribution is -0.144. The molecule has 1 saturated heterocycles. The van der Waals surface area contributed by atoms with Gasteiger partial charge in [-0.3, -0.25) is 0 Å². The highest BCUT2D eigenvalue weighted by Crippen LogP contribution is 2.59. The minimum Gasteiger partial charge on any atom is -0.588 e. The molecule has 2 unspecified atom stereocenters. The zero-order chi connectivity index (χ0) is 36.9. The molecule has 0 aromatic heterocycles. The van der Waals surface area contributed by atoms with Gasteiger partial charge in [0, 0.05) is 23.1 Å². The molecule has 16 heteroatoms. The fourth-order valence-corrected chi connectivity index (χ4v) is 8.95. The van der Waals surface area contributed by atoms with E-state index in [-0.39, 0.29) is 42.5 Å². The van der Waals surface area contributed by atoms with Crippen molar-refractivity contribution in [3.05, 3.63) is 105 Å². The van der Waals surface area contributed by atoms with Crippen molar-refractivity contribution >= 4 is 55.8 Å². The van der Waals surface area contributed by atoms with Crippen LogP contribution in [0.15, 0.2) is 98.4 Å². The number of sulfonamides is 1. The molecule has 0 radical (unpaired) electrons. The van der Waals surface area contributed by atoms with Crippen LogP contribution >= 0.6 is 15.9 Å². The van der Waals surface area contributed by atoms with Gasteiger partial charge in [-0.1, -0.05) is 50.5 Å². The van der Waals surface area contributed by atoms with Crippen LogP contribution in [0.3, 0.4) is 0 Å². The molecule has 0 N–H and O–H groups in total. The van der Waals surface area contributed by atoms with Crippen molar-refractivity contribution in [2.24, 2.45) is 4.99 Å². The summed E-state index contributed by atoms with van der Waals surface area (Å²) in [5.41, 5.74) is -1.91. The first-order valence-corrected chi connectivity index (χ1v) is 18.0. The number of rotatable bonds is 9. The number of para-hydroxylation sites is 1. The van der Waals surface area contributed by atoms with Gasteiger partial charge in [0.2, 0.25) is 0 Å². The summed E-state index contributed by atoms with van der Waals surface area (Å²) < 4.78 is 87.0. The van der Waals surface area contributed by atoms with E-state index >= 15 is 0 Å². The van der Waals surface area contributed by atoms with E-state index < -0.39 is 63.2 Å². The van der Waals surface area contributed by atoms with Gasteiger partial charge in [0.25, 0.3) is 0 Å². The minimum absolute atomic E-state index is 0.101. The van der Waals surface area contributed by atoms with Gasteiger partial charge in [0.05, 0.1) is 42.9 Å². The van der Waals surface area contributed by atoms with Crippen LogP contribution in [0.25, 0.3) is 0 Å². The van der Waals surface area contributed by atoms with Crippen molar-refractivity contribution in [2.75, 3.05) is 25.2 Å². The van der Waals surface area contributed by atoms with Crippen molar-refractivity contribution in [2.45, 2.75) is 55.4 Å². The summed E-state index contributed by atoms with van der Waals surface area (Å²) in [5, 5.41) is 0. The molecule has 3 aliphatic rings. The standard InChI is InChI=1S/C35H31BrF3N3O8S/c1-4-49-31(44)27-28(32(45)50-5-2)40-33-34(18-26(30(43)48-3)42(33)51(46,47)23-16-14-22(36)15-17-23)24-8-6-7-9-25(24)41(29(27)34)19-20-10-12-21(13-11-20)35(37,38)39/h6-17,26,29H,4-5,18-19H2,1-3H3/t26-,29?,34-/m0/s1. The molecule has 0 bridgehead atoms. The number of hydrogen-bond donors (Lipinski definition) is 0. The van der Waals surface area contributed by atoms with Gasteiger partial charge in [0.1, 0.15) is 0 Å². The Morgan fingerprint density at radius 2 is 1.61 bits per heavy atom. The summed E-state index contributed by atoms with van der Waals surface area (Å²) in [6.45, 7) is 2.78.